The fraction of sp³-hybridized carbons (Fsp3) is 0.350. The summed E-state index contributed by atoms with van der Waals surface area (Å²) < 4.78 is 5.09. The van der Waals surface area contributed by atoms with E-state index in [0.29, 0.717) is 11.3 Å². The monoisotopic (exact) mass is 400 g/mol. The van der Waals surface area contributed by atoms with Crippen LogP contribution in [0.4, 0.5) is 0 Å². The van der Waals surface area contributed by atoms with Crippen molar-refractivity contribution in [2.75, 3.05) is 31.2 Å². The van der Waals surface area contributed by atoms with Gasteiger partial charge in [-0.1, -0.05) is 18.7 Å². The number of nitriles is 1. The lowest BCUT2D eigenvalue weighted by Crippen LogP contribution is -2.29. The van der Waals surface area contributed by atoms with Gasteiger partial charge in [-0.25, -0.2) is 4.79 Å². The van der Waals surface area contributed by atoms with Crippen molar-refractivity contribution in [3.05, 3.63) is 65.5 Å². The van der Waals surface area contributed by atoms with E-state index in [1.807, 2.05) is 17.8 Å². The highest BCUT2D eigenvalue weighted by molar-refractivity contribution is 7.99. The molecule has 3 rings (SSSR count). The molecule has 0 amide bonds. The highest BCUT2D eigenvalue weighted by atomic mass is 32.2. The summed E-state index contributed by atoms with van der Waals surface area (Å²) in [5.74, 6) is 1.05. The maximum atomic E-state index is 12.3. The van der Waals surface area contributed by atoms with Crippen LogP contribution in [-0.4, -0.2) is 47.3 Å². The molecule has 1 unspecified atom stereocenters. The molecule has 2 aliphatic rings. The first-order chi connectivity index (χ1) is 13.6. The molecule has 1 aromatic rings. The molecule has 3 N–H and O–H groups in total. The number of thioether (sulfide) groups is 1. The first kappa shape index (κ1) is 21.5. The number of aliphatic hydroxyl groups excluding tert-OH is 1. The number of carbonyl (C=O) groups is 1. The van der Waals surface area contributed by atoms with Gasteiger partial charge in [-0.15, -0.1) is 0 Å². The van der Waals surface area contributed by atoms with Gasteiger partial charge in [0.05, 0.1) is 11.5 Å². The number of carbonyl (C=O) groups excluding carboxylic acids is 1. The summed E-state index contributed by atoms with van der Waals surface area (Å²) in [5.41, 5.74) is 1.37. The topological polar surface area (TPSA) is 107 Å². The van der Waals surface area contributed by atoms with Gasteiger partial charge >= 0.3 is 5.97 Å². The number of hydrogen-bond donors (Lipinski definition) is 3. The molecule has 8 heteroatoms. The second kappa shape index (κ2) is 11.2. The number of rotatable bonds is 4. The molecular weight excluding hydrogens is 376 g/mol. The lowest BCUT2D eigenvalue weighted by atomic mass is 9.83. The van der Waals surface area contributed by atoms with Gasteiger partial charge in [0.1, 0.15) is 18.2 Å². The normalized spacial score (nSPS) is 18.9. The Balaban J connectivity index is 0.000000397. The van der Waals surface area contributed by atoms with Crippen LogP contribution in [0.3, 0.4) is 0 Å². The van der Waals surface area contributed by atoms with Crippen molar-refractivity contribution >= 4 is 17.7 Å². The molecule has 1 aromatic heterocycles. The summed E-state index contributed by atoms with van der Waals surface area (Å²) >= 11 is 2.03. The molecule has 0 spiro atoms. The minimum atomic E-state index is -0.725. The Bertz CT molecular complexity index is 784. The summed E-state index contributed by atoms with van der Waals surface area (Å²) in [6, 6.07) is 5.38. The number of allylic oxidation sites excluding steroid dienone is 2. The lowest BCUT2D eigenvalue weighted by Gasteiger charge is -2.26. The SMILES string of the molecule is C1CSCCN1.C=CCOC(=O)C1=C(C)NC(O)=C(C#N)C1c1cccnc1. The Kier molecular flexibility index (Phi) is 8.59. The molecule has 7 nitrogen and oxygen atoms in total. The summed E-state index contributed by atoms with van der Waals surface area (Å²) in [7, 11) is 0. The molecule has 28 heavy (non-hydrogen) atoms. The third-order valence-electron chi connectivity index (χ3n) is 4.08. The number of nitrogens with one attached hydrogen (secondary N) is 2. The minimum absolute atomic E-state index is 0.0455. The van der Waals surface area contributed by atoms with E-state index in [2.05, 4.69) is 22.2 Å². The number of aromatic nitrogens is 1. The van der Waals surface area contributed by atoms with Crippen LogP contribution in [0.25, 0.3) is 0 Å². The standard InChI is InChI=1S/C16H15N3O3.C4H9NS/c1-3-7-22-16(21)13-10(2)19-15(20)12(8-17)14(13)11-5-4-6-18-9-11;1-3-6-4-2-5-1/h3-6,9,14,19-20H,1,7H2,2H3;5H,1-4H2. The number of esters is 1. The molecule has 148 valence electrons. The Morgan fingerprint density at radius 2 is 2.29 bits per heavy atom. The van der Waals surface area contributed by atoms with Crippen molar-refractivity contribution < 1.29 is 14.6 Å². The molecule has 1 fully saturated rings. The van der Waals surface area contributed by atoms with Crippen LogP contribution in [0.5, 0.6) is 0 Å². The average Bonchev–Trinajstić information content (AvgIpc) is 2.74. The molecule has 0 aromatic carbocycles. The number of dihydropyridines is 1. The van der Waals surface area contributed by atoms with Crippen LogP contribution < -0.4 is 10.6 Å². The highest BCUT2D eigenvalue weighted by Gasteiger charge is 2.35. The van der Waals surface area contributed by atoms with Gasteiger partial charge in [0.25, 0.3) is 0 Å². The first-order valence-corrected chi connectivity index (χ1v) is 10.0. The molecule has 0 radical (unpaired) electrons. The quantitative estimate of drug-likeness (QED) is 0.522. The number of pyridine rings is 1. The number of ether oxygens (including phenoxy) is 1. The second-order valence-electron chi connectivity index (χ2n) is 6.01. The van der Waals surface area contributed by atoms with Crippen LogP contribution in [0, 0.1) is 11.3 Å². The van der Waals surface area contributed by atoms with Crippen molar-refractivity contribution in [2.24, 2.45) is 0 Å². The summed E-state index contributed by atoms with van der Waals surface area (Å²) in [6.07, 6.45) is 4.60. The molecule has 1 atom stereocenters. The minimum Gasteiger partial charge on any atom is -0.494 e. The summed E-state index contributed by atoms with van der Waals surface area (Å²) in [6.45, 7) is 7.62. The van der Waals surface area contributed by atoms with Gasteiger partial charge in [0, 0.05) is 42.7 Å². The fourth-order valence-corrected chi connectivity index (χ4v) is 3.59. The van der Waals surface area contributed by atoms with E-state index in [4.69, 9.17) is 4.74 Å². The maximum absolute atomic E-state index is 12.3. The predicted octanol–water partition coefficient (Wildman–Crippen LogP) is 2.39. The molecule has 1 saturated heterocycles. The predicted molar refractivity (Wildman–Crippen MR) is 109 cm³/mol. The highest BCUT2D eigenvalue weighted by Crippen LogP contribution is 2.37. The van der Waals surface area contributed by atoms with E-state index in [-0.39, 0.29) is 23.6 Å². The van der Waals surface area contributed by atoms with E-state index in [1.165, 1.54) is 30.7 Å². The Labute approximate surface area is 169 Å². The number of hydrogen-bond acceptors (Lipinski definition) is 8. The van der Waals surface area contributed by atoms with Gasteiger partial charge < -0.3 is 20.5 Å². The van der Waals surface area contributed by atoms with Gasteiger partial charge in [-0.05, 0) is 18.6 Å². The van der Waals surface area contributed by atoms with Crippen molar-refractivity contribution in [2.45, 2.75) is 12.8 Å². The van der Waals surface area contributed by atoms with Crippen LogP contribution in [0.15, 0.2) is 59.9 Å². The second-order valence-corrected chi connectivity index (χ2v) is 7.23. The van der Waals surface area contributed by atoms with E-state index in [9.17, 15) is 15.2 Å². The zero-order valence-electron chi connectivity index (χ0n) is 15.8. The van der Waals surface area contributed by atoms with Crippen LogP contribution in [0.2, 0.25) is 0 Å². The third-order valence-corrected chi connectivity index (χ3v) is 5.06. The van der Waals surface area contributed by atoms with Crippen LogP contribution in [0.1, 0.15) is 18.4 Å². The smallest absolute Gasteiger partial charge is 0.337 e. The van der Waals surface area contributed by atoms with E-state index < -0.39 is 11.9 Å². The van der Waals surface area contributed by atoms with Gasteiger partial charge in [0.15, 0.2) is 0 Å². The third kappa shape index (κ3) is 5.62. The number of aliphatic hydroxyl groups is 1. The van der Waals surface area contributed by atoms with E-state index >= 15 is 0 Å². The van der Waals surface area contributed by atoms with Gasteiger partial charge in [-0.2, -0.15) is 17.0 Å². The van der Waals surface area contributed by atoms with E-state index in [1.54, 1.807) is 31.5 Å². The molecule has 2 aliphatic heterocycles. The summed E-state index contributed by atoms with van der Waals surface area (Å²) in [4.78, 5) is 16.3. The van der Waals surface area contributed by atoms with Crippen molar-refractivity contribution in [3.63, 3.8) is 0 Å². The maximum Gasteiger partial charge on any atom is 0.337 e. The van der Waals surface area contributed by atoms with Gasteiger partial charge in [0.2, 0.25) is 5.88 Å². The first-order valence-electron chi connectivity index (χ1n) is 8.87. The largest absolute Gasteiger partial charge is 0.494 e. The fourth-order valence-electron chi connectivity index (χ4n) is 2.81. The molecule has 0 aliphatic carbocycles. The number of nitrogens with zero attached hydrogens (tertiary/aromatic N) is 2. The Morgan fingerprint density at radius 1 is 1.54 bits per heavy atom. The average molecular weight is 401 g/mol. The van der Waals surface area contributed by atoms with E-state index in [0.717, 1.165) is 0 Å². The van der Waals surface area contributed by atoms with Gasteiger partial charge in [-0.3, -0.25) is 4.98 Å². The lowest BCUT2D eigenvalue weighted by molar-refractivity contribution is -0.138. The zero-order valence-corrected chi connectivity index (χ0v) is 16.6. The van der Waals surface area contributed by atoms with Crippen LogP contribution in [-0.2, 0) is 9.53 Å². The van der Waals surface area contributed by atoms with Crippen molar-refractivity contribution in [1.82, 2.24) is 15.6 Å². The van der Waals surface area contributed by atoms with Crippen LogP contribution >= 0.6 is 11.8 Å². The molecular formula is C20H24N4O3S. The molecule has 0 saturated carbocycles. The Hall–Kier alpha value is -2.76. The molecule has 3 heterocycles. The molecule has 0 bridgehead atoms. The zero-order chi connectivity index (χ0) is 20.4. The van der Waals surface area contributed by atoms with Crippen molar-refractivity contribution in [1.29, 1.82) is 5.26 Å². The Morgan fingerprint density at radius 3 is 2.79 bits per heavy atom. The summed E-state index contributed by atoms with van der Waals surface area (Å²) in [5, 5.41) is 25.2. The van der Waals surface area contributed by atoms with Crippen molar-refractivity contribution in [3.8, 4) is 6.07 Å².